The van der Waals surface area contributed by atoms with Gasteiger partial charge in [-0.1, -0.05) is 42.1 Å². The number of para-hydroxylation sites is 3. The number of carbonyl (C=O) groups is 1. The summed E-state index contributed by atoms with van der Waals surface area (Å²) in [4.78, 5) is 16.4. The van der Waals surface area contributed by atoms with E-state index in [0.29, 0.717) is 10.8 Å². The SMILES string of the molecule is Cc1nn(-c2ccccc2)c(C)c1C=NNC(=O)CSc1nc2ccccc2o1. The summed E-state index contributed by atoms with van der Waals surface area (Å²) in [6, 6.07) is 17.4. The van der Waals surface area contributed by atoms with Crippen molar-refractivity contribution in [1.82, 2.24) is 20.2 Å². The van der Waals surface area contributed by atoms with E-state index in [4.69, 9.17) is 4.42 Å². The molecule has 0 fully saturated rings. The van der Waals surface area contributed by atoms with Crippen LogP contribution in [-0.4, -0.2) is 32.6 Å². The minimum atomic E-state index is -0.237. The molecule has 2 aromatic carbocycles. The van der Waals surface area contributed by atoms with E-state index in [0.717, 1.165) is 28.2 Å². The second-order valence-electron chi connectivity index (χ2n) is 6.36. The zero-order chi connectivity index (χ0) is 20.2. The largest absolute Gasteiger partial charge is 0.431 e. The van der Waals surface area contributed by atoms with Crippen LogP contribution in [0, 0.1) is 13.8 Å². The van der Waals surface area contributed by atoms with Crippen LogP contribution in [-0.2, 0) is 4.79 Å². The fraction of sp³-hybridized carbons (Fsp3) is 0.143. The van der Waals surface area contributed by atoms with E-state index in [1.165, 1.54) is 11.8 Å². The Balaban J connectivity index is 1.37. The number of rotatable bonds is 6. The molecule has 2 aromatic heterocycles. The van der Waals surface area contributed by atoms with Crippen LogP contribution in [0.1, 0.15) is 17.0 Å². The van der Waals surface area contributed by atoms with Crippen molar-refractivity contribution in [1.29, 1.82) is 0 Å². The number of oxazole rings is 1. The van der Waals surface area contributed by atoms with E-state index >= 15 is 0 Å². The molecule has 0 aliphatic rings. The molecule has 146 valence electrons. The highest BCUT2D eigenvalue weighted by molar-refractivity contribution is 7.99. The van der Waals surface area contributed by atoms with Gasteiger partial charge < -0.3 is 4.42 Å². The Morgan fingerprint density at radius 2 is 1.93 bits per heavy atom. The van der Waals surface area contributed by atoms with Gasteiger partial charge in [-0.2, -0.15) is 10.2 Å². The highest BCUT2D eigenvalue weighted by Crippen LogP contribution is 2.22. The number of nitrogens with zero attached hydrogens (tertiary/aromatic N) is 4. The molecule has 0 aliphatic carbocycles. The quantitative estimate of drug-likeness (QED) is 0.299. The number of fused-ring (bicyclic) bond motifs is 1. The predicted molar refractivity (Wildman–Crippen MR) is 114 cm³/mol. The number of aryl methyl sites for hydroxylation is 1. The molecule has 1 N–H and O–H groups in total. The van der Waals surface area contributed by atoms with Gasteiger partial charge in [0, 0.05) is 5.56 Å². The molecule has 4 rings (SSSR count). The average Bonchev–Trinajstić information content (AvgIpc) is 3.28. The van der Waals surface area contributed by atoms with Gasteiger partial charge in [0.05, 0.1) is 29.0 Å². The second-order valence-corrected chi connectivity index (χ2v) is 7.29. The topological polar surface area (TPSA) is 85.3 Å². The fourth-order valence-corrected chi connectivity index (χ4v) is 3.53. The zero-order valence-electron chi connectivity index (χ0n) is 16.0. The van der Waals surface area contributed by atoms with Gasteiger partial charge in [-0.05, 0) is 38.1 Å². The van der Waals surface area contributed by atoms with Crippen LogP contribution in [0.4, 0.5) is 0 Å². The summed E-state index contributed by atoms with van der Waals surface area (Å²) < 4.78 is 7.45. The van der Waals surface area contributed by atoms with Crippen LogP contribution in [0.15, 0.2) is 69.3 Å². The minimum absolute atomic E-state index is 0.158. The van der Waals surface area contributed by atoms with Crippen molar-refractivity contribution in [2.75, 3.05) is 5.75 Å². The van der Waals surface area contributed by atoms with E-state index in [1.807, 2.05) is 73.1 Å². The minimum Gasteiger partial charge on any atom is -0.431 e. The molecule has 0 radical (unpaired) electrons. The fourth-order valence-electron chi connectivity index (χ4n) is 2.90. The smallest absolute Gasteiger partial charge is 0.257 e. The van der Waals surface area contributed by atoms with Gasteiger partial charge in [0.2, 0.25) is 0 Å². The van der Waals surface area contributed by atoms with Crippen LogP contribution in [0.25, 0.3) is 16.8 Å². The van der Waals surface area contributed by atoms with E-state index in [2.05, 4.69) is 20.6 Å². The lowest BCUT2D eigenvalue weighted by Gasteiger charge is -2.03. The van der Waals surface area contributed by atoms with Crippen LogP contribution in [0.3, 0.4) is 0 Å². The molecule has 0 unspecified atom stereocenters. The number of nitrogens with one attached hydrogen (secondary N) is 1. The van der Waals surface area contributed by atoms with Crippen LogP contribution in [0.2, 0.25) is 0 Å². The number of thioether (sulfide) groups is 1. The van der Waals surface area contributed by atoms with E-state index in [1.54, 1.807) is 6.21 Å². The maximum Gasteiger partial charge on any atom is 0.257 e. The molecule has 8 heteroatoms. The van der Waals surface area contributed by atoms with Gasteiger partial charge in [-0.25, -0.2) is 15.1 Å². The first kappa shape index (κ1) is 18.9. The highest BCUT2D eigenvalue weighted by atomic mass is 32.2. The molecular weight excluding hydrogens is 386 g/mol. The summed E-state index contributed by atoms with van der Waals surface area (Å²) in [5.74, 6) is -0.0787. The first-order chi connectivity index (χ1) is 14.1. The molecule has 1 amide bonds. The van der Waals surface area contributed by atoms with Crippen molar-refractivity contribution in [2.45, 2.75) is 19.1 Å². The van der Waals surface area contributed by atoms with Crippen molar-refractivity contribution >= 4 is 35.0 Å². The molecule has 0 aliphatic heterocycles. The standard InChI is InChI=1S/C21H19N5O2S/c1-14-17(15(2)26(25-14)16-8-4-3-5-9-16)12-22-24-20(27)13-29-21-23-18-10-6-7-11-19(18)28-21/h3-12H,13H2,1-2H3,(H,24,27). The lowest BCUT2D eigenvalue weighted by molar-refractivity contribution is -0.118. The number of hydrogen-bond donors (Lipinski definition) is 1. The summed E-state index contributed by atoms with van der Waals surface area (Å²) in [5, 5.41) is 9.11. The first-order valence-corrected chi connectivity index (χ1v) is 10.0. The molecule has 0 bridgehead atoms. The van der Waals surface area contributed by atoms with Crippen LogP contribution < -0.4 is 5.43 Å². The Bertz CT molecular complexity index is 1150. The monoisotopic (exact) mass is 405 g/mol. The molecule has 4 aromatic rings. The Hall–Kier alpha value is -3.39. The second kappa shape index (κ2) is 8.32. The Labute approximate surface area is 171 Å². The first-order valence-electron chi connectivity index (χ1n) is 9.04. The maximum atomic E-state index is 12.1. The zero-order valence-corrected chi connectivity index (χ0v) is 16.8. The normalized spacial score (nSPS) is 11.4. The summed E-state index contributed by atoms with van der Waals surface area (Å²) in [6.45, 7) is 3.89. The van der Waals surface area contributed by atoms with Gasteiger partial charge in [0.1, 0.15) is 5.52 Å². The highest BCUT2D eigenvalue weighted by Gasteiger charge is 2.12. The maximum absolute atomic E-state index is 12.1. The van der Waals surface area contributed by atoms with E-state index in [9.17, 15) is 4.79 Å². The van der Waals surface area contributed by atoms with E-state index in [-0.39, 0.29) is 11.7 Å². The van der Waals surface area contributed by atoms with Gasteiger partial charge in [-0.3, -0.25) is 4.79 Å². The van der Waals surface area contributed by atoms with Crippen LogP contribution >= 0.6 is 11.8 Å². The summed E-state index contributed by atoms with van der Waals surface area (Å²) in [5.41, 5.74) is 7.66. The number of carbonyl (C=O) groups excluding carboxylic acids is 1. The van der Waals surface area contributed by atoms with Gasteiger partial charge in [-0.15, -0.1) is 0 Å². The van der Waals surface area contributed by atoms with Crippen molar-refractivity contribution < 1.29 is 9.21 Å². The Morgan fingerprint density at radius 1 is 1.17 bits per heavy atom. The van der Waals surface area contributed by atoms with Gasteiger partial charge in [0.25, 0.3) is 11.1 Å². The number of hydrogen-bond acceptors (Lipinski definition) is 6. The van der Waals surface area contributed by atoms with Crippen molar-refractivity contribution in [3.8, 4) is 5.69 Å². The van der Waals surface area contributed by atoms with Crippen molar-refractivity contribution in [3.05, 3.63) is 71.5 Å². The molecular formula is C21H19N5O2S. The average molecular weight is 405 g/mol. The van der Waals surface area contributed by atoms with Gasteiger partial charge >= 0.3 is 0 Å². The van der Waals surface area contributed by atoms with Crippen LogP contribution in [0.5, 0.6) is 0 Å². The predicted octanol–water partition coefficient (Wildman–Crippen LogP) is 3.87. The van der Waals surface area contributed by atoms with E-state index < -0.39 is 0 Å². The molecule has 2 heterocycles. The number of benzene rings is 2. The number of amides is 1. The third-order valence-electron chi connectivity index (χ3n) is 4.33. The molecule has 29 heavy (non-hydrogen) atoms. The number of hydrazone groups is 1. The summed E-state index contributed by atoms with van der Waals surface area (Å²) in [6.07, 6.45) is 1.62. The number of aromatic nitrogens is 3. The summed E-state index contributed by atoms with van der Waals surface area (Å²) >= 11 is 1.23. The molecule has 0 saturated heterocycles. The summed E-state index contributed by atoms with van der Waals surface area (Å²) in [7, 11) is 0. The lowest BCUT2D eigenvalue weighted by atomic mass is 10.2. The molecule has 0 saturated carbocycles. The molecule has 0 atom stereocenters. The lowest BCUT2D eigenvalue weighted by Crippen LogP contribution is -2.19. The van der Waals surface area contributed by atoms with Crippen molar-refractivity contribution in [3.63, 3.8) is 0 Å². The third-order valence-corrected chi connectivity index (χ3v) is 5.16. The Morgan fingerprint density at radius 3 is 2.72 bits per heavy atom. The molecule has 7 nitrogen and oxygen atoms in total. The Kier molecular flexibility index (Phi) is 5.44. The van der Waals surface area contributed by atoms with Gasteiger partial charge in [0.15, 0.2) is 5.58 Å². The molecule has 0 spiro atoms. The van der Waals surface area contributed by atoms with Crippen molar-refractivity contribution in [2.24, 2.45) is 5.10 Å². The third kappa shape index (κ3) is 4.22.